The van der Waals surface area contributed by atoms with Gasteiger partial charge in [-0.2, -0.15) is 13.2 Å². The van der Waals surface area contributed by atoms with Gasteiger partial charge in [0, 0.05) is 6.42 Å². The van der Waals surface area contributed by atoms with E-state index in [-0.39, 0.29) is 6.42 Å². The number of hydrogen-bond acceptors (Lipinski definition) is 3. The van der Waals surface area contributed by atoms with Crippen molar-refractivity contribution in [2.45, 2.75) is 52.0 Å². The summed E-state index contributed by atoms with van der Waals surface area (Å²) < 4.78 is 48.2. The minimum absolute atomic E-state index is 0.345. The van der Waals surface area contributed by atoms with Gasteiger partial charge in [-0.05, 0) is 26.2 Å². The van der Waals surface area contributed by atoms with Crippen molar-refractivity contribution in [2.75, 3.05) is 6.61 Å². The molecule has 6 heteroatoms. The van der Waals surface area contributed by atoms with Crippen LogP contribution >= 0.6 is 0 Å². The highest BCUT2D eigenvalue weighted by Crippen LogP contribution is 2.42. The lowest BCUT2D eigenvalue weighted by atomic mass is 9.87. The van der Waals surface area contributed by atoms with Crippen molar-refractivity contribution >= 4 is 5.97 Å². The number of carbonyl (C=O) groups excluding carboxylic acids is 1. The molecule has 0 aromatic heterocycles. The van der Waals surface area contributed by atoms with Crippen LogP contribution in [0.15, 0.2) is 0 Å². The molecule has 100 valence electrons. The quantitative estimate of drug-likeness (QED) is 0.726. The molecule has 1 saturated heterocycles. The standard InChI is InChI=1S/C11H17F3O3/c1-3-10(2,11(12,13)14)9(15)17-8-6-4-5-7-16-8/h8H,3-7H2,1-2H3. The highest BCUT2D eigenvalue weighted by atomic mass is 19.4. The number of carbonyl (C=O) groups is 1. The molecule has 0 saturated carbocycles. The first-order valence-electron chi connectivity index (χ1n) is 5.70. The van der Waals surface area contributed by atoms with Gasteiger partial charge in [0.05, 0.1) is 6.61 Å². The van der Waals surface area contributed by atoms with Gasteiger partial charge in [0.15, 0.2) is 5.41 Å². The Morgan fingerprint density at radius 3 is 2.47 bits per heavy atom. The van der Waals surface area contributed by atoms with Crippen molar-refractivity contribution < 1.29 is 27.4 Å². The van der Waals surface area contributed by atoms with E-state index in [0.717, 1.165) is 19.8 Å². The zero-order valence-electron chi connectivity index (χ0n) is 9.97. The molecule has 0 aliphatic carbocycles. The molecule has 0 radical (unpaired) electrons. The second kappa shape index (κ2) is 5.25. The molecule has 1 heterocycles. The molecule has 3 nitrogen and oxygen atoms in total. The Labute approximate surface area is 98.3 Å². The highest BCUT2D eigenvalue weighted by Gasteiger charge is 2.57. The highest BCUT2D eigenvalue weighted by molar-refractivity contribution is 5.77. The van der Waals surface area contributed by atoms with E-state index in [1.54, 1.807) is 0 Å². The fraction of sp³-hybridized carbons (Fsp3) is 0.909. The summed E-state index contributed by atoms with van der Waals surface area (Å²) in [5.74, 6) is -1.25. The van der Waals surface area contributed by atoms with Crippen molar-refractivity contribution in [2.24, 2.45) is 5.41 Å². The second-order valence-corrected chi connectivity index (χ2v) is 4.38. The number of rotatable bonds is 3. The fourth-order valence-corrected chi connectivity index (χ4v) is 1.51. The van der Waals surface area contributed by atoms with Crippen molar-refractivity contribution in [1.29, 1.82) is 0 Å². The molecular weight excluding hydrogens is 237 g/mol. The first-order chi connectivity index (χ1) is 7.81. The molecule has 0 aromatic rings. The van der Waals surface area contributed by atoms with Crippen molar-refractivity contribution in [1.82, 2.24) is 0 Å². The van der Waals surface area contributed by atoms with E-state index < -0.39 is 23.9 Å². The topological polar surface area (TPSA) is 35.5 Å². The lowest BCUT2D eigenvalue weighted by molar-refractivity contribution is -0.246. The maximum Gasteiger partial charge on any atom is 0.404 e. The molecular formula is C11H17F3O3. The summed E-state index contributed by atoms with van der Waals surface area (Å²) in [6, 6.07) is 0. The number of alkyl halides is 3. The maximum atomic E-state index is 12.8. The van der Waals surface area contributed by atoms with Gasteiger partial charge in [0.2, 0.25) is 6.29 Å². The molecule has 1 rings (SSSR count). The smallest absolute Gasteiger partial charge is 0.404 e. The Balaban J connectivity index is 2.66. The Kier molecular flexibility index (Phi) is 4.41. The fourth-order valence-electron chi connectivity index (χ4n) is 1.51. The monoisotopic (exact) mass is 254 g/mol. The molecule has 2 atom stereocenters. The average Bonchev–Trinajstić information content (AvgIpc) is 2.27. The summed E-state index contributed by atoms with van der Waals surface area (Å²) in [5.41, 5.74) is -2.45. The normalized spacial score (nSPS) is 25.1. The van der Waals surface area contributed by atoms with Crippen LogP contribution in [0.25, 0.3) is 0 Å². The summed E-state index contributed by atoms with van der Waals surface area (Å²) in [6.45, 7) is 2.60. The van der Waals surface area contributed by atoms with Crippen molar-refractivity contribution in [3.8, 4) is 0 Å². The van der Waals surface area contributed by atoms with Crippen LogP contribution in [0, 0.1) is 5.41 Å². The Morgan fingerprint density at radius 2 is 2.06 bits per heavy atom. The van der Waals surface area contributed by atoms with E-state index in [2.05, 4.69) is 0 Å². The summed E-state index contributed by atoms with van der Waals surface area (Å²) >= 11 is 0. The summed E-state index contributed by atoms with van der Waals surface area (Å²) in [4.78, 5) is 11.6. The van der Waals surface area contributed by atoms with Crippen molar-refractivity contribution in [3.05, 3.63) is 0 Å². The minimum atomic E-state index is -4.60. The minimum Gasteiger partial charge on any atom is -0.435 e. The number of halogens is 3. The van der Waals surface area contributed by atoms with Crippen LogP contribution in [0.3, 0.4) is 0 Å². The van der Waals surface area contributed by atoms with E-state index in [1.165, 1.54) is 6.92 Å². The summed E-state index contributed by atoms with van der Waals surface area (Å²) in [5, 5.41) is 0. The first kappa shape index (κ1) is 14.3. The Morgan fingerprint density at radius 1 is 1.41 bits per heavy atom. The van der Waals surface area contributed by atoms with E-state index >= 15 is 0 Å². The van der Waals surface area contributed by atoms with Crippen LogP contribution < -0.4 is 0 Å². The number of ether oxygens (including phenoxy) is 2. The zero-order valence-corrected chi connectivity index (χ0v) is 9.97. The van der Waals surface area contributed by atoms with Gasteiger partial charge in [0.25, 0.3) is 0 Å². The SMILES string of the molecule is CCC(C)(C(=O)OC1CCCCO1)C(F)(F)F. The lowest BCUT2D eigenvalue weighted by Crippen LogP contribution is -2.45. The van der Waals surface area contributed by atoms with E-state index in [1.807, 2.05) is 0 Å². The van der Waals surface area contributed by atoms with Crippen LogP contribution in [0.1, 0.15) is 39.5 Å². The van der Waals surface area contributed by atoms with Gasteiger partial charge >= 0.3 is 12.1 Å². The van der Waals surface area contributed by atoms with Gasteiger partial charge in [-0.25, -0.2) is 0 Å². The largest absolute Gasteiger partial charge is 0.435 e. The Bertz CT molecular complexity index is 272. The van der Waals surface area contributed by atoms with E-state index in [4.69, 9.17) is 9.47 Å². The molecule has 17 heavy (non-hydrogen) atoms. The summed E-state index contributed by atoms with van der Waals surface area (Å²) in [6.07, 6.45) is -3.67. The molecule has 0 N–H and O–H groups in total. The lowest BCUT2D eigenvalue weighted by Gasteiger charge is -2.31. The van der Waals surface area contributed by atoms with E-state index in [9.17, 15) is 18.0 Å². The molecule has 1 aliphatic rings. The molecule has 2 unspecified atom stereocenters. The molecule has 0 aromatic carbocycles. The first-order valence-corrected chi connectivity index (χ1v) is 5.70. The molecule has 0 spiro atoms. The predicted octanol–water partition coefficient (Wildman–Crippen LogP) is 3.03. The van der Waals surface area contributed by atoms with Gasteiger partial charge in [0.1, 0.15) is 0 Å². The molecule has 0 bridgehead atoms. The third kappa shape index (κ3) is 3.12. The second-order valence-electron chi connectivity index (χ2n) is 4.38. The number of hydrogen-bond donors (Lipinski definition) is 0. The maximum absolute atomic E-state index is 12.8. The van der Waals surface area contributed by atoms with Crippen LogP contribution in [0.2, 0.25) is 0 Å². The molecule has 1 fully saturated rings. The number of esters is 1. The van der Waals surface area contributed by atoms with Gasteiger partial charge in [-0.3, -0.25) is 4.79 Å². The van der Waals surface area contributed by atoms with E-state index in [0.29, 0.717) is 13.0 Å². The van der Waals surface area contributed by atoms with Gasteiger partial charge < -0.3 is 9.47 Å². The third-order valence-corrected chi connectivity index (χ3v) is 3.16. The predicted molar refractivity (Wildman–Crippen MR) is 54.1 cm³/mol. The third-order valence-electron chi connectivity index (χ3n) is 3.16. The zero-order chi connectivity index (χ0) is 13.1. The molecule has 0 amide bonds. The Hall–Kier alpha value is -0.780. The van der Waals surface area contributed by atoms with Crippen LogP contribution in [0.4, 0.5) is 13.2 Å². The van der Waals surface area contributed by atoms with Gasteiger partial charge in [-0.1, -0.05) is 6.92 Å². The van der Waals surface area contributed by atoms with Crippen LogP contribution in [0.5, 0.6) is 0 Å². The van der Waals surface area contributed by atoms with Crippen LogP contribution in [-0.2, 0) is 14.3 Å². The van der Waals surface area contributed by atoms with Crippen molar-refractivity contribution in [3.63, 3.8) is 0 Å². The van der Waals surface area contributed by atoms with Crippen LogP contribution in [-0.4, -0.2) is 25.0 Å². The molecule has 1 aliphatic heterocycles. The average molecular weight is 254 g/mol. The summed E-state index contributed by atoms with van der Waals surface area (Å²) in [7, 11) is 0. The van der Waals surface area contributed by atoms with Gasteiger partial charge in [-0.15, -0.1) is 0 Å².